The molecule has 1 unspecified atom stereocenters. The van der Waals surface area contributed by atoms with Gasteiger partial charge in [-0.05, 0) is 65.4 Å². The number of methoxy groups -OCH3 is 1. The molecular weight excluding hydrogens is 716 g/mol. The van der Waals surface area contributed by atoms with E-state index in [0.29, 0.717) is 23.6 Å². The third kappa shape index (κ3) is 10.2. The molecule has 6 rings (SSSR count). The molecule has 1 saturated heterocycles. The topological polar surface area (TPSA) is 95.8 Å². The number of hydrogen-bond donors (Lipinski definition) is 2. The van der Waals surface area contributed by atoms with Crippen molar-refractivity contribution in [3.8, 4) is 5.75 Å². The number of ether oxygens (including phenoxy) is 6. The van der Waals surface area contributed by atoms with Gasteiger partial charge in [0, 0.05) is 17.7 Å². The summed E-state index contributed by atoms with van der Waals surface area (Å²) in [5, 5.41) is 22.9. The van der Waals surface area contributed by atoms with E-state index >= 15 is 0 Å². The fraction of sp³-hybridized carbons (Fsp3) is 0.348. The van der Waals surface area contributed by atoms with Crippen molar-refractivity contribution in [2.45, 2.75) is 76.7 Å². The van der Waals surface area contributed by atoms with Gasteiger partial charge in [-0.25, -0.2) is 0 Å². The molecule has 9 heteroatoms. The van der Waals surface area contributed by atoms with Crippen LogP contribution in [0.2, 0.25) is 5.02 Å². The SMILES string of the molecule is CC.CCOc1ccc(Cc2cc([C@]3(OC)OC(CO)(CO)[C@@H](OCc4ccccc4)C(OCc4ccccc4)[C@H]3OCc3ccccc3)ccc2Cl)cc1. The summed E-state index contributed by atoms with van der Waals surface area (Å²) in [5.41, 5.74) is 3.48. The van der Waals surface area contributed by atoms with Gasteiger partial charge in [-0.3, -0.25) is 0 Å². The van der Waals surface area contributed by atoms with Gasteiger partial charge in [0.2, 0.25) is 5.79 Å². The van der Waals surface area contributed by atoms with Gasteiger partial charge >= 0.3 is 0 Å². The number of benzene rings is 5. The van der Waals surface area contributed by atoms with Gasteiger partial charge < -0.3 is 38.6 Å². The van der Waals surface area contributed by atoms with Gasteiger partial charge in [-0.1, -0.05) is 135 Å². The van der Waals surface area contributed by atoms with E-state index in [9.17, 15) is 10.2 Å². The molecule has 1 aliphatic heterocycles. The number of rotatable bonds is 17. The van der Waals surface area contributed by atoms with Gasteiger partial charge in [0.05, 0.1) is 39.6 Å². The van der Waals surface area contributed by atoms with Crippen molar-refractivity contribution in [2.75, 3.05) is 26.9 Å². The number of hydrogen-bond acceptors (Lipinski definition) is 8. The smallest absolute Gasteiger partial charge is 0.225 e. The maximum Gasteiger partial charge on any atom is 0.225 e. The zero-order valence-electron chi connectivity index (χ0n) is 32.1. The molecule has 0 amide bonds. The molecule has 2 N–H and O–H groups in total. The highest BCUT2D eigenvalue weighted by Crippen LogP contribution is 2.48. The summed E-state index contributed by atoms with van der Waals surface area (Å²) in [4.78, 5) is 0. The summed E-state index contributed by atoms with van der Waals surface area (Å²) in [7, 11) is 1.53. The Hall–Kier alpha value is -4.09. The zero-order valence-corrected chi connectivity index (χ0v) is 32.9. The van der Waals surface area contributed by atoms with Crippen molar-refractivity contribution in [1.29, 1.82) is 0 Å². The zero-order chi connectivity index (χ0) is 39.1. The number of aliphatic hydroxyl groups excluding tert-OH is 2. The van der Waals surface area contributed by atoms with E-state index in [0.717, 1.165) is 33.6 Å². The molecule has 5 aromatic carbocycles. The van der Waals surface area contributed by atoms with E-state index in [1.165, 1.54) is 7.11 Å². The van der Waals surface area contributed by atoms with Crippen LogP contribution in [-0.4, -0.2) is 61.1 Å². The van der Waals surface area contributed by atoms with Crippen LogP contribution in [0.25, 0.3) is 0 Å². The summed E-state index contributed by atoms with van der Waals surface area (Å²) >= 11 is 6.85. The average molecular weight is 769 g/mol. The summed E-state index contributed by atoms with van der Waals surface area (Å²) in [5.74, 6) is -0.912. The van der Waals surface area contributed by atoms with Crippen LogP contribution in [0.15, 0.2) is 133 Å². The predicted octanol–water partition coefficient (Wildman–Crippen LogP) is 8.66. The summed E-state index contributed by atoms with van der Waals surface area (Å²) in [6.45, 7) is 5.88. The highest BCUT2D eigenvalue weighted by atomic mass is 35.5. The molecule has 8 nitrogen and oxygen atoms in total. The normalized spacial score (nSPS) is 20.3. The molecule has 1 aliphatic rings. The Bertz CT molecular complexity index is 1840. The maximum atomic E-state index is 11.2. The standard InChI is InChI=1S/C44H47ClO8.C2H6/c1-3-49-38-22-19-32(20-23-38)25-36-26-37(21-24-39(36)45)44(48-2)42(52-29-35-17-11-6-12-18-35)40(50-27-33-13-7-4-8-14-33)41(43(30-46,31-47)53-44)51-28-34-15-9-5-10-16-34;1-2/h4-24,26,40-42,46-47H,3,25,27-31H2,1-2H3;1-2H3/t40?,41-,42+,44-;/m0./s1. The lowest BCUT2D eigenvalue weighted by Crippen LogP contribution is -2.72. The molecular formula is C46H53ClO8. The van der Waals surface area contributed by atoms with E-state index in [-0.39, 0.29) is 19.8 Å². The third-order valence-electron chi connectivity index (χ3n) is 9.59. The number of halogens is 1. The van der Waals surface area contributed by atoms with Crippen LogP contribution in [0.1, 0.15) is 54.2 Å². The van der Waals surface area contributed by atoms with Crippen molar-refractivity contribution in [3.63, 3.8) is 0 Å². The molecule has 0 aromatic heterocycles. The maximum absolute atomic E-state index is 11.2. The second-order valence-electron chi connectivity index (χ2n) is 13.1. The molecule has 4 atom stereocenters. The molecule has 5 aromatic rings. The van der Waals surface area contributed by atoms with E-state index in [4.69, 9.17) is 40.0 Å². The minimum absolute atomic E-state index is 0.167. The van der Waals surface area contributed by atoms with Gasteiger partial charge in [0.1, 0.15) is 29.7 Å². The highest BCUT2D eigenvalue weighted by molar-refractivity contribution is 6.31. The minimum atomic E-state index is -1.70. The quantitative estimate of drug-likeness (QED) is 0.0971. The van der Waals surface area contributed by atoms with Crippen molar-refractivity contribution < 1.29 is 38.6 Å². The molecule has 0 radical (unpaired) electrons. The first kappa shape index (κ1) is 42.1. The summed E-state index contributed by atoms with van der Waals surface area (Å²) in [6, 6.07) is 42.7. The molecule has 0 spiro atoms. The van der Waals surface area contributed by atoms with Crippen LogP contribution in [0.4, 0.5) is 0 Å². The average Bonchev–Trinajstić information content (AvgIpc) is 3.24. The molecule has 55 heavy (non-hydrogen) atoms. The lowest BCUT2D eigenvalue weighted by Gasteiger charge is -2.56. The second-order valence-corrected chi connectivity index (χ2v) is 13.5. The Labute approximate surface area is 330 Å². The van der Waals surface area contributed by atoms with Crippen LogP contribution in [0, 0.1) is 0 Å². The van der Waals surface area contributed by atoms with Crippen molar-refractivity contribution >= 4 is 11.6 Å². The lowest BCUT2D eigenvalue weighted by molar-refractivity contribution is -0.417. The highest BCUT2D eigenvalue weighted by Gasteiger charge is 2.64. The fourth-order valence-corrected chi connectivity index (χ4v) is 7.00. The Morgan fingerprint density at radius 3 is 1.64 bits per heavy atom. The minimum Gasteiger partial charge on any atom is -0.494 e. The van der Waals surface area contributed by atoms with E-state index in [1.807, 2.05) is 148 Å². The van der Waals surface area contributed by atoms with Gasteiger partial charge in [-0.15, -0.1) is 0 Å². The molecule has 0 bridgehead atoms. The van der Waals surface area contributed by atoms with Gasteiger partial charge in [-0.2, -0.15) is 0 Å². The van der Waals surface area contributed by atoms with Gasteiger partial charge in [0.15, 0.2) is 0 Å². The van der Waals surface area contributed by atoms with Crippen LogP contribution in [0.5, 0.6) is 5.75 Å². The third-order valence-corrected chi connectivity index (χ3v) is 9.96. The van der Waals surface area contributed by atoms with Crippen molar-refractivity contribution in [3.05, 3.63) is 172 Å². The summed E-state index contributed by atoms with van der Waals surface area (Å²) < 4.78 is 39.3. The van der Waals surface area contributed by atoms with Crippen molar-refractivity contribution in [1.82, 2.24) is 0 Å². The van der Waals surface area contributed by atoms with Crippen LogP contribution in [0.3, 0.4) is 0 Å². The van der Waals surface area contributed by atoms with Gasteiger partial charge in [0.25, 0.3) is 0 Å². The first-order valence-corrected chi connectivity index (χ1v) is 19.3. The van der Waals surface area contributed by atoms with Crippen LogP contribution in [-0.2, 0) is 55.7 Å². The largest absolute Gasteiger partial charge is 0.494 e. The first-order chi connectivity index (χ1) is 26.9. The molecule has 1 heterocycles. The van der Waals surface area contributed by atoms with E-state index in [2.05, 4.69) is 0 Å². The predicted molar refractivity (Wildman–Crippen MR) is 215 cm³/mol. The molecule has 1 fully saturated rings. The Kier molecular flexibility index (Phi) is 15.8. The Balaban J connectivity index is 0.00000285. The monoisotopic (exact) mass is 768 g/mol. The molecule has 292 valence electrons. The molecule has 0 saturated carbocycles. The van der Waals surface area contributed by atoms with E-state index < -0.39 is 42.9 Å². The Morgan fingerprint density at radius 2 is 1.15 bits per heavy atom. The van der Waals surface area contributed by atoms with Crippen LogP contribution < -0.4 is 4.74 Å². The summed E-state index contributed by atoms with van der Waals surface area (Å²) in [6.07, 6.45) is -2.37. The lowest BCUT2D eigenvalue weighted by atomic mass is 9.80. The molecule has 0 aliphatic carbocycles. The van der Waals surface area contributed by atoms with E-state index in [1.54, 1.807) is 6.07 Å². The number of aliphatic hydroxyl groups is 2. The first-order valence-electron chi connectivity index (χ1n) is 18.9. The Morgan fingerprint density at radius 1 is 0.636 bits per heavy atom. The van der Waals surface area contributed by atoms with Crippen molar-refractivity contribution in [2.24, 2.45) is 0 Å². The fourth-order valence-electron chi connectivity index (χ4n) is 6.82. The second kappa shape index (κ2) is 20.7. The van der Waals surface area contributed by atoms with Crippen LogP contribution >= 0.6 is 11.6 Å².